The largest absolute Gasteiger partial charge is 0.368 e. The van der Waals surface area contributed by atoms with Crippen molar-refractivity contribution in [1.82, 2.24) is 9.80 Å². The van der Waals surface area contributed by atoms with Crippen LogP contribution in [0.4, 0.5) is 10.1 Å². The Balaban J connectivity index is 1.64. The highest BCUT2D eigenvalue weighted by molar-refractivity contribution is 6.35. The SMILES string of the molecule is Cc1cccc(N2CCN(C3=C(c4ccc(F)cc4)C(=O)N(CC(C)C)C3=O)CC2)c1C. The van der Waals surface area contributed by atoms with Crippen molar-refractivity contribution >= 4 is 23.1 Å². The lowest BCUT2D eigenvalue weighted by atomic mass is 10.0. The quantitative estimate of drug-likeness (QED) is 0.666. The smallest absolute Gasteiger partial charge is 0.277 e. The van der Waals surface area contributed by atoms with Crippen LogP contribution in [-0.4, -0.2) is 54.3 Å². The molecule has 2 aliphatic rings. The Morgan fingerprint density at radius 2 is 1.50 bits per heavy atom. The summed E-state index contributed by atoms with van der Waals surface area (Å²) in [5.41, 5.74) is 5.16. The summed E-state index contributed by atoms with van der Waals surface area (Å²) < 4.78 is 13.5. The van der Waals surface area contributed by atoms with Gasteiger partial charge in [-0.2, -0.15) is 0 Å². The monoisotopic (exact) mass is 435 g/mol. The van der Waals surface area contributed by atoms with Crippen LogP contribution >= 0.6 is 0 Å². The highest BCUT2D eigenvalue weighted by Crippen LogP contribution is 2.33. The Morgan fingerprint density at radius 3 is 2.12 bits per heavy atom. The molecule has 0 unspecified atom stereocenters. The molecule has 6 heteroatoms. The predicted molar refractivity (Wildman–Crippen MR) is 125 cm³/mol. The molecule has 168 valence electrons. The summed E-state index contributed by atoms with van der Waals surface area (Å²) in [6.07, 6.45) is 0. The number of aryl methyl sites for hydroxylation is 1. The first-order valence-corrected chi connectivity index (χ1v) is 11.2. The van der Waals surface area contributed by atoms with Gasteiger partial charge in [0, 0.05) is 38.4 Å². The van der Waals surface area contributed by atoms with Gasteiger partial charge in [-0.1, -0.05) is 38.1 Å². The summed E-state index contributed by atoms with van der Waals surface area (Å²) in [6.45, 7) is 11.4. The van der Waals surface area contributed by atoms with E-state index in [1.54, 1.807) is 12.1 Å². The number of carbonyl (C=O) groups is 2. The molecule has 1 saturated heterocycles. The van der Waals surface area contributed by atoms with E-state index in [4.69, 9.17) is 0 Å². The molecule has 0 atom stereocenters. The van der Waals surface area contributed by atoms with Gasteiger partial charge in [0.25, 0.3) is 11.8 Å². The lowest BCUT2D eigenvalue weighted by Crippen LogP contribution is -2.48. The normalized spacial score (nSPS) is 17.2. The Labute approximate surface area is 189 Å². The second-order valence-electron chi connectivity index (χ2n) is 9.04. The van der Waals surface area contributed by atoms with Crippen molar-refractivity contribution in [2.45, 2.75) is 27.7 Å². The summed E-state index contributed by atoms with van der Waals surface area (Å²) in [5.74, 6) is -0.739. The molecule has 0 radical (unpaired) electrons. The Morgan fingerprint density at radius 1 is 0.875 bits per heavy atom. The van der Waals surface area contributed by atoms with Crippen molar-refractivity contribution in [3.63, 3.8) is 0 Å². The second kappa shape index (κ2) is 8.77. The molecule has 0 saturated carbocycles. The zero-order chi connectivity index (χ0) is 23.0. The van der Waals surface area contributed by atoms with Gasteiger partial charge in [0.1, 0.15) is 11.5 Å². The molecule has 1 fully saturated rings. The number of hydrogen-bond donors (Lipinski definition) is 0. The fourth-order valence-corrected chi connectivity index (χ4v) is 4.51. The maximum absolute atomic E-state index is 13.5. The van der Waals surface area contributed by atoms with Crippen molar-refractivity contribution in [3.05, 3.63) is 70.7 Å². The highest BCUT2D eigenvalue weighted by Gasteiger charge is 2.42. The van der Waals surface area contributed by atoms with Gasteiger partial charge < -0.3 is 9.80 Å². The molecule has 0 bridgehead atoms. The Bertz CT molecular complexity index is 1070. The van der Waals surface area contributed by atoms with E-state index in [1.807, 2.05) is 18.7 Å². The standard InChI is InChI=1S/C26H30FN3O2/c1-17(2)16-30-25(31)23(20-8-10-21(27)11-9-20)24(26(30)32)29-14-12-28(13-15-29)22-7-5-6-18(3)19(22)4/h5-11,17H,12-16H2,1-4H3. The number of piperazine rings is 1. The first kappa shape index (κ1) is 22.1. The lowest BCUT2D eigenvalue weighted by molar-refractivity contribution is -0.138. The summed E-state index contributed by atoms with van der Waals surface area (Å²) in [4.78, 5) is 32.4. The third-order valence-corrected chi connectivity index (χ3v) is 6.34. The molecular weight excluding hydrogens is 405 g/mol. The van der Waals surface area contributed by atoms with Gasteiger partial charge >= 0.3 is 0 Å². The summed E-state index contributed by atoms with van der Waals surface area (Å²) in [6, 6.07) is 12.2. The average molecular weight is 436 g/mol. The number of hydrogen-bond acceptors (Lipinski definition) is 4. The van der Waals surface area contributed by atoms with E-state index in [2.05, 4.69) is 36.9 Å². The van der Waals surface area contributed by atoms with E-state index in [-0.39, 0.29) is 23.5 Å². The van der Waals surface area contributed by atoms with E-state index >= 15 is 0 Å². The minimum Gasteiger partial charge on any atom is -0.368 e. The van der Waals surface area contributed by atoms with Crippen molar-refractivity contribution in [2.75, 3.05) is 37.6 Å². The van der Waals surface area contributed by atoms with E-state index in [0.717, 1.165) is 13.1 Å². The van der Waals surface area contributed by atoms with Crippen LogP contribution in [0.2, 0.25) is 0 Å². The molecule has 32 heavy (non-hydrogen) atoms. The summed E-state index contributed by atoms with van der Waals surface area (Å²) in [5, 5.41) is 0. The van der Waals surface area contributed by atoms with Crippen LogP contribution in [0.15, 0.2) is 48.2 Å². The van der Waals surface area contributed by atoms with Gasteiger partial charge in [-0.15, -0.1) is 0 Å². The molecule has 0 aliphatic carbocycles. The topological polar surface area (TPSA) is 43.9 Å². The second-order valence-corrected chi connectivity index (χ2v) is 9.04. The third kappa shape index (κ3) is 4.01. The number of nitrogens with zero attached hydrogens (tertiary/aromatic N) is 3. The van der Waals surface area contributed by atoms with Crippen molar-refractivity contribution < 1.29 is 14.0 Å². The molecule has 2 amide bonds. The van der Waals surface area contributed by atoms with Crippen LogP contribution < -0.4 is 4.90 Å². The Kier molecular flexibility index (Phi) is 6.04. The maximum atomic E-state index is 13.5. The van der Waals surface area contributed by atoms with E-state index in [1.165, 1.54) is 33.8 Å². The zero-order valence-corrected chi connectivity index (χ0v) is 19.2. The average Bonchev–Trinajstić information content (AvgIpc) is 3.01. The Hall–Kier alpha value is -3.15. The van der Waals surface area contributed by atoms with E-state index < -0.39 is 0 Å². The fraction of sp³-hybridized carbons (Fsp3) is 0.385. The summed E-state index contributed by atoms with van der Waals surface area (Å²) >= 11 is 0. The van der Waals surface area contributed by atoms with Gasteiger partial charge in [0.15, 0.2) is 0 Å². The zero-order valence-electron chi connectivity index (χ0n) is 19.2. The maximum Gasteiger partial charge on any atom is 0.277 e. The van der Waals surface area contributed by atoms with Crippen molar-refractivity contribution in [2.24, 2.45) is 5.92 Å². The van der Waals surface area contributed by atoms with Gasteiger partial charge in [0.2, 0.25) is 0 Å². The number of imide groups is 1. The number of anilines is 1. The molecule has 2 aliphatic heterocycles. The fourth-order valence-electron chi connectivity index (χ4n) is 4.51. The minimum absolute atomic E-state index is 0.165. The first-order valence-electron chi connectivity index (χ1n) is 11.2. The van der Waals surface area contributed by atoms with Crippen LogP contribution in [0.5, 0.6) is 0 Å². The molecule has 5 nitrogen and oxygen atoms in total. The number of rotatable bonds is 5. The molecule has 0 aromatic heterocycles. The van der Waals surface area contributed by atoms with E-state index in [0.29, 0.717) is 36.5 Å². The van der Waals surface area contributed by atoms with Crippen molar-refractivity contribution in [1.29, 1.82) is 0 Å². The van der Waals surface area contributed by atoms with Gasteiger partial charge in [-0.05, 0) is 54.7 Å². The van der Waals surface area contributed by atoms with Crippen LogP contribution in [0.25, 0.3) is 5.57 Å². The van der Waals surface area contributed by atoms with E-state index in [9.17, 15) is 14.0 Å². The molecule has 0 N–H and O–H groups in total. The first-order chi connectivity index (χ1) is 15.3. The number of halogens is 1. The van der Waals surface area contributed by atoms with Gasteiger partial charge in [-0.25, -0.2) is 4.39 Å². The molecule has 2 aromatic rings. The third-order valence-electron chi connectivity index (χ3n) is 6.34. The van der Waals surface area contributed by atoms with Crippen LogP contribution in [0, 0.1) is 25.6 Å². The van der Waals surface area contributed by atoms with Crippen LogP contribution in [0.3, 0.4) is 0 Å². The number of amides is 2. The molecule has 2 aromatic carbocycles. The predicted octanol–water partition coefficient (Wildman–Crippen LogP) is 4.00. The van der Waals surface area contributed by atoms with Crippen molar-refractivity contribution in [3.8, 4) is 0 Å². The van der Waals surface area contributed by atoms with Gasteiger partial charge in [-0.3, -0.25) is 14.5 Å². The summed E-state index contributed by atoms with van der Waals surface area (Å²) in [7, 11) is 0. The minimum atomic E-state index is -0.367. The highest BCUT2D eigenvalue weighted by atomic mass is 19.1. The molecule has 4 rings (SSSR count). The lowest BCUT2D eigenvalue weighted by Gasteiger charge is -2.38. The van der Waals surface area contributed by atoms with Gasteiger partial charge in [0.05, 0.1) is 5.57 Å². The molecule has 0 spiro atoms. The van der Waals surface area contributed by atoms with Crippen LogP contribution in [-0.2, 0) is 9.59 Å². The molecular formula is C26H30FN3O2. The number of carbonyl (C=O) groups excluding carboxylic acids is 2. The van der Waals surface area contributed by atoms with Crippen LogP contribution in [0.1, 0.15) is 30.5 Å². The molecule has 2 heterocycles. The number of benzene rings is 2.